The molecule has 1 aliphatic heterocycles. The highest BCUT2D eigenvalue weighted by Gasteiger charge is 2.49. The fourth-order valence-corrected chi connectivity index (χ4v) is 2.06. The summed E-state index contributed by atoms with van der Waals surface area (Å²) in [6, 6.07) is 3.83. The van der Waals surface area contributed by atoms with Crippen molar-refractivity contribution in [3.05, 3.63) is 18.3 Å². The Morgan fingerprint density at radius 1 is 1.31 bits per heavy atom. The monoisotopic (exact) mass is 213 g/mol. The van der Waals surface area contributed by atoms with E-state index in [4.69, 9.17) is 12.5 Å². The quantitative estimate of drug-likeness (QED) is 0.646. The second-order valence-electron chi connectivity index (χ2n) is 5.72. The van der Waals surface area contributed by atoms with E-state index in [0.29, 0.717) is 5.59 Å². The molecule has 4 heteroatoms. The number of hydrogen-bond acceptors (Lipinski definition) is 2. The van der Waals surface area contributed by atoms with Crippen molar-refractivity contribution in [3.63, 3.8) is 0 Å². The molecule has 1 aromatic heterocycles. The van der Waals surface area contributed by atoms with Crippen LogP contribution in [0.5, 0.6) is 0 Å². The molecule has 2 nitrogen and oxygen atoms in total. The molecule has 0 aromatic carbocycles. The molecular weight excluding hydrogens is 196 g/mol. The lowest BCUT2D eigenvalue weighted by atomic mass is 9.54. The van der Waals surface area contributed by atoms with Gasteiger partial charge in [0.25, 0.3) is 0 Å². The lowest BCUT2D eigenvalue weighted by Crippen LogP contribution is -2.36. The van der Waals surface area contributed by atoms with E-state index in [1.54, 1.807) is 0 Å². The third-order valence-electron chi connectivity index (χ3n) is 3.94. The fourth-order valence-electron chi connectivity index (χ4n) is 2.06. The van der Waals surface area contributed by atoms with Crippen molar-refractivity contribution < 1.29 is 4.65 Å². The molecule has 1 saturated heterocycles. The summed E-state index contributed by atoms with van der Waals surface area (Å²) in [7, 11) is 5.58. The summed E-state index contributed by atoms with van der Waals surface area (Å²) in [5, 5.41) is 0. The Morgan fingerprint density at radius 2 is 2.00 bits per heavy atom. The predicted molar refractivity (Wildman–Crippen MR) is 68.8 cm³/mol. The highest BCUT2D eigenvalue weighted by atomic mass is 16.5. The van der Waals surface area contributed by atoms with Gasteiger partial charge in [-0.2, -0.15) is 0 Å². The van der Waals surface area contributed by atoms with Crippen molar-refractivity contribution in [1.82, 2.24) is 4.98 Å². The third kappa shape index (κ3) is 1.91. The number of aromatic nitrogens is 1. The van der Waals surface area contributed by atoms with E-state index in [0.717, 1.165) is 11.8 Å². The maximum absolute atomic E-state index is 6.11. The first kappa shape index (κ1) is 11.7. The van der Waals surface area contributed by atoms with E-state index >= 15 is 0 Å². The van der Waals surface area contributed by atoms with E-state index in [-0.39, 0.29) is 17.9 Å². The van der Waals surface area contributed by atoms with Crippen LogP contribution in [-0.2, 0) is 4.65 Å². The predicted octanol–water partition coefficient (Wildman–Crippen LogP) is 0.909. The molecule has 0 saturated carbocycles. The first-order valence-corrected chi connectivity index (χ1v) is 5.71. The molecule has 82 valence electrons. The van der Waals surface area contributed by atoms with Crippen molar-refractivity contribution in [2.45, 2.75) is 39.6 Å². The summed E-state index contributed by atoms with van der Waals surface area (Å²) in [4.78, 5) is 4.12. The Morgan fingerprint density at radius 3 is 2.44 bits per heavy atom. The molecule has 0 bridgehead atoms. The minimum absolute atomic E-state index is 0.0982. The van der Waals surface area contributed by atoms with Crippen molar-refractivity contribution in [2.75, 3.05) is 0 Å². The minimum atomic E-state index is -0.0982. The van der Waals surface area contributed by atoms with Crippen molar-refractivity contribution in [1.29, 1.82) is 0 Å². The topological polar surface area (TPSA) is 22.1 Å². The normalized spacial score (nSPS) is 22.4. The molecule has 2 radical (unpaired) electrons. The molecule has 0 N–H and O–H groups in total. The molecule has 0 unspecified atom stereocenters. The van der Waals surface area contributed by atoms with Crippen LogP contribution in [0, 0.1) is 5.41 Å². The van der Waals surface area contributed by atoms with Gasteiger partial charge < -0.3 is 4.65 Å². The number of nitrogens with zero attached hydrogens (tertiary/aromatic N) is 1. The summed E-state index contributed by atoms with van der Waals surface area (Å²) in [5.74, 6) is 0. The van der Waals surface area contributed by atoms with E-state index in [9.17, 15) is 0 Å². The Hall–Kier alpha value is -0.760. The van der Waals surface area contributed by atoms with Gasteiger partial charge in [-0.05, 0) is 36.6 Å². The van der Waals surface area contributed by atoms with Gasteiger partial charge in [-0.3, -0.25) is 4.98 Å². The number of rotatable bonds is 1. The third-order valence-corrected chi connectivity index (χ3v) is 3.94. The first-order valence-electron chi connectivity index (χ1n) is 5.71. The molecule has 0 spiro atoms. The standard InChI is InChI=1S/C12H17B2NO/c1-11(2)8-14(16-12(11,3)4)9-5-6-10(13)15-7-9/h5-7H,8H2,1-4H3. The molecule has 2 heterocycles. The molecule has 0 amide bonds. The van der Waals surface area contributed by atoms with Gasteiger partial charge in [-0.25, -0.2) is 0 Å². The van der Waals surface area contributed by atoms with Gasteiger partial charge in [0.1, 0.15) is 7.85 Å². The smallest absolute Gasteiger partial charge is 0.329 e. The van der Waals surface area contributed by atoms with Crippen LogP contribution in [0.2, 0.25) is 6.32 Å². The first-order chi connectivity index (χ1) is 7.32. The van der Waals surface area contributed by atoms with Gasteiger partial charge in [-0.1, -0.05) is 26.0 Å². The average molecular weight is 213 g/mol. The molecular formula is C12H17B2NO. The van der Waals surface area contributed by atoms with Crippen molar-refractivity contribution in [3.8, 4) is 0 Å². The zero-order valence-corrected chi connectivity index (χ0v) is 10.4. The van der Waals surface area contributed by atoms with E-state index in [2.05, 4.69) is 32.7 Å². The average Bonchev–Trinajstić information content (AvgIpc) is 2.37. The van der Waals surface area contributed by atoms with Crippen LogP contribution in [0.15, 0.2) is 18.3 Å². The molecule has 0 atom stereocenters. The van der Waals surface area contributed by atoms with Crippen LogP contribution in [0.25, 0.3) is 0 Å². The van der Waals surface area contributed by atoms with Gasteiger partial charge in [0, 0.05) is 6.20 Å². The van der Waals surface area contributed by atoms with Crippen molar-refractivity contribution in [2.24, 2.45) is 5.41 Å². The fraction of sp³-hybridized carbons (Fsp3) is 0.583. The molecule has 1 aromatic rings. The molecule has 16 heavy (non-hydrogen) atoms. The molecule has 1 fully saturated rings. The molecule has 0 aliphatic carbocycles. The Balaban J connectivity index is 2.23. The van der Waals surface area contributed by atoms with Gasteiger partial charge in [0.05, 0.1) is 5.60 Å². The van der Waals surface area contributed by atoms with E-state index in [1.165, 1.54) is 0 Å². The van der Waals surface area contributed by atoms with E-state index in [1.807, 2.05) is 18.3 Å². The second-order valence-corrected chi connectivity index (χ2v) is 5.72. The maximum atomic E-state index is 6.11. The lowest BCUT2D eigenvalue weighted by molar-refractivity contribution is 0.0375. The van der Waals surface area contributed by atoms with Crippen LogP contribution >= 0.6 is 0 Å². The van der Waals surface area contributed by atoms with E-state index < -0.39 is 0 Å². The van der Waals surface area contributed by atoms with Crippen LogP contribution in [0.4, 0.5) is 0 Å². The van der Waals surface area contributed by atoms with Gasteiger partial charge >= 0.3 is 6.92 Å². The summed E-state index contributed by atoms with van der Waals surface area (Å²) < 4.78 is 6.11. The highest BCUT2D eigenvalue weighted by Crippen LogP contribution is 2.44. The summed E-state index contributed by atoms with van der Waals surface area (Å²) in [5.41, 5.74) is 1.76. The largest absolute Gasteiger partial charge is 0.425 e. The lowest BCUT2D eigenvalue weighted by Gasteiger charge is -2.34. The molecule has 1 aliphatic rings. The maximum Gasteiger partial charge on any atom is 0.329 e. The van der Waals surface area contributed by atoms with Crippen molar-refractivity contribution >= 4 is 25.8 Å². The number of hydrogen-bond donors (Lipinski definition) is 0. The summed E-state index contributed by atoms with van der Waals surface area (Å²) in [6.45, 7) is 8.93. The van der Waals surface area contributed by atoms with Crippen LogP contribution in [-0.4, -0.2) is 25.3 Å². The molecule has 2 rings (SSSR count). The zero-order chi connectivity index (χ0) is 12.0. The van der Waals surface area contributed by atoms with Gasteiger partial charge in [0.2, 0.25) is 0 Å². The Labute approximate surface area is 99.3 Å². The summed E-state index contributed by atoms with van der Waals surface area (Å²) in [6.07, 6.45) is 2.84. The SMILES string of the molecule is [B]c1ccc(B2CC(C)(C)C(C)(C)O2)cn1. The number of pyridine rings is 1. The highest BCUT2D eigenvalue weighted by molar-refractivity contribution is 6.68. The Bertz CT molecular complexity index is 371. The second kappa shape index (κ2) is 3.63. The van der Waals surface area contributed by atoms with Crippen LogP contribution < -0.4 is 11.1 Å². The van der Waals surface area contributed by atoms with Gasteiger partial charge in [0.15, 0.2) is 0 Å². The van der Waals surface area contributed by atoms with Crippen LogP contribution in [0.1, 0.15) is 27.7 Å². The van der Waals surface area contributed by atoms with Crippen LogP contribution in [0.3, 0.4) is 0 Å². The minimum Gasteiger partial charge on any atom is -0.425 e. The Kier molecular flexibility index (Phi) is 2.65. The summed E-state index contributed by atoms with van der Waals surface area (Å²) >= 11 is 0. The zero-order valence-electron chi connectivity index (χ0n) is 10.4. The van der Waals surface area contributed by atoms with Gasteiger partial charge in [-0.15, -0.1) is 0 Å².